The SMILES string of the molecule is O=C(CCC1CCN([C@H]2CCCNC2)CC1)NCc1cccc(C(F)(F)F)c1. The number of carbonyl (C=O) groups is 1. The lowest BCUT2D eigenvalue weighted by Crippen LogP contribution is -2.49. The highest BCUT2D eigenvalue weighted by Crippen LogP contribution is 2.29. The maximum atomic E-state index is 12.7. The molecule has 28 heavy (non-hydrogen) atoms. The van der Waals surface area contributed by atoms with Gasteiger partial charge >= 0.3 is 6.18 Å². The summed E-state index contributed by atoms with van der Waals surface area (Å²) >= 11 is 0. The number of alkyl halides is 3. The van der Waals surface area contributed by atoms with Gasteiger partial charge in [0.2, 0.25) is 5.91 Å². The normalized spacial score (nSPS) is 22.2. The van der Waals surface area contributed by atoms with Gasteiger partial charge in [-0.3, -0.25) is 9.69 Å². The molecule has 2 saturated heterocycles. The van der Waals surface area contributed by atoms with E-state index in [0.717, 1.165) is 57.6 Å². The number of hydrogen-bond acceptors (Lipinski definition) is 3. The van der Waals surface area contributed by atoms with Gasteiger partial charge in [0.05, 0.1) is 5.56 Å². The molecular formula is C21H30F3N3O. The van der Waals surface area contributed by atoms with Gasteiger partial charge in [-0.2, -0.15) is 13.2 Å². The minimum atomic E-state index is -4.36. The maximum absolute atomic E-state index is 12.7. The Labute approximate surface area is 164 Å². The van der Waals surface area contributed by atoms with Crippen LogP contribution >= 0.6 is 0 Å². The molecule has 7 heteroatoms. The molecule has 0 aromatic heterocycles. The van der Waals surface area contributed by atoms with Crippen LogP contribution in [-0.4, -0.2) is 43.0 Å². The lowest BCUT2D eigenvalue weighted by molar-refractivity contribution is -0.137. The zero-order valence-electron chi connectivity index (χ0n) is 16.2. The number of benzene rings is 1. The molecule has 4 nitrogen and oxygen atoms in total. The molecule has 0 bridgehead atoms. The first-order valence-electron chi connectivity index (χ1n) is 10.3. The van der Waals surface area contributed by atoms with E-state index >= 15 is 0 Å². The summed E-state index contributed by atoms with van der Waals surface area (Å²) in [6, 6.07) is 5.77. The molecule has 1 amide bonds. The molecular weight excluding hydrogens is 367 g/mol. The third-order valence-corrected chi connectivity index (χ3v) is 5.96. The van der Waals surface area contributed by atoms with Gasteiger partial charge in [0.1, 0.15) is 0 Å². The monoisotopic (exact) mass is 397 g/mol. The zero-order chi connectivity index (χ0) is 20.0. The van der Waals surface area contributed by atoms with Crippen LogP contribution in [-0.2, 0) is 17.5 Å². The quantitative estimate of drug-likeness (QED) is 0.771. The number of amides is 1. The Hall–Kier alpha value is -1.60. The third-order valence-electron chi connectivity index (χ3n) is 5.96. The van der Waals surface area contributed by atoms with Crippen LogP contribution in [0.3, 0.4) is 0 Å². The average molecular weight is 397 g/mol. The summed E-state index contributed by atoms with van der Waals surface area (Å²) in [7, 11) is 0. The van der Waals surface area contributed by atoms with E-state index in [2.05, 4.69) is 15.5 Å². The molecule has 1 aromatic carbocycles. The summed E-state index contributed by atoms with van der Waals surface area (Å²) in [5.74, 6) is 0.475. The first kappa shape index (κ1) is 21.1. The second kappa shape index (κ2) is 9.74. The third kappa shape index (κ3) is 6.21. The topological polar surface area (TPSA) is 44.4 Å². The van der Waals surface area contributed by atoms with Crippen molar-refractivity contribution < 1.29 is 18.0 Å². The molecule has 2 aliphatic heterocycles. The number of piperidine rings is 2. The van der Waals surface area contributed by atoms with Crippen molar-refractivity contribution in [3.8, 4) is 0 Å². The second-order valence-corrected chi connectivity index (χ2v) is 7.99. The van der Waals surface area contributed by atoms with Crippen LogP contribution in [0.25, 0.3) is 0 Å². The van der Waals surface area contributed by atoms with E-state index in [1.807, 2.05) is 0 Å². The predicted octanol–water partition coefficient (Wildman–Crippen LogP) is 3.57. The molecule has 1 aromatic rings. The number of likely N-dealkylation sites (tertiary alicyclic amines) is 1. The summed E-state index contributed by atoms with van der Waals surface area (Å²) in [5, 5.41) is 6.22. The number of nitrogens with zero attached hydrogens (tertiary/aromatic N) is 1. The largest absolute Gasteiger partial charge is 0.416 e. The average Bonchev–Trinajstić information content (AvgIpc) is 2.71. The fourth-order valence-electron chi connectivity index (χ4n) is 4.23. The van der Waals surface area contributed by atoms with Crippen LogP contribution in [0.15, 0.2) is 24.3 Å². The second-order valence-electron chi connectivity index (χ2n) is 7.99. The summed E-state index contributed by atoms with van der Waals surface area (Å²) in [4.78, 5) is 14.7. The smallest absolute Gasteiger partial charge is 0.352 e. The fourth-order valence-corrected chi connectivity index (χ4v) is 4.23. The zero-order valence-corrected chi connectivity index (χ0v) is 16.2. The first-order chi connectivity index (χ1) is 13.4. The number of halogens is 3. The Balaban J connectivity index is 1.35. The summed E-state index contributed by atoms with van der Waals surface area (Å²) < 4.78 is 38.2. The van der Waals surface area contributed by atoms with Crippen molar-refractivity contribution in [3.63, 3.8) is 0 Å². The van der Waals surface area contributed by atoms with Gasteiger partial charge in [-0.25, -0.2) is 0 Å². The van der Waals surface area contributed by atoms with Crippen molar-refractivity contribution in [1.82, 2.24) is 15.5 Å². The van der Waals surface area contributed by atoms with Crippen LogP contribution in [0, 0.1) is 5.92 Å². The van der Waals surface area contributed by atoms with Crippen LogP contribution < -0.4 is 10.6 Å². The number of carbonyl (C=O) groups excluding carboxylic acids is 1. The molecule has 3 rings (SSSR count). The highest BCUT2D eigenvalue weighted by atomic mass is 19.4. The van der Waals surface area contributed by atoms with Crippen molar-refractivity contribution in [2.45, 2.75) is 57.3 Å². The summed E-state index contributed by atoms with van der Waals surface area (Å²) in [6.07, 6.45) is 1.70. The molecule has 0 saturated carbocycles. The summed E-state index contributed by atoms with van der Waals surface area (Å²) in [6.45, 7) is 4.55. The van der Waals surface area contributed by atoms with E-state index in [0.29, 0.717) is 23.9 Å². The number of hydrogen-bond donors (Lipinski definition) is 2. The number of nitrogens with one attached hydrogen (secondary N) is 2. The molecule has 0 aliphatic carbocycles. The Morgan fingerprint density at radius 2 is 2.00 bits per heavy atom. The molecule has 2 heterocycles. The van der Waals surface area contributed by atoms with E-state index in [9.17, 15) is 18.0 Å². The van der Waals surface area contributed by atoms with Crippen LogP contribution in [0.1, 0.15) is 49.7 Å². The van der Waals surface area contributed by atoms with E-state index in [1.165, 1.54) is 18.9 Å². The molecule has 0 spiro atoms. The highest BCUT2D eigenvalue weighted by molar-refractivity contribution is 5.75. The first-order valence-corrected chi connectivity index (χ1v) is 10.3. The Kier molecular flexibility index (Phi) is 7.35. The maximum Gasteiger partial charge on any atom is 0.416 e. The Bertz CT molecular complexity index is 636. The molecule has 1 atom stereocenters. The van der Waals surface area contributed by atoms with Crippen LogP contribution in [0.5, 0.6) is 0 Å². The number of rotatable bonds is 6. The predicted molar refractivity (Wildman–Crippen MR) is 103 cm³/mol. The van der Waals surface area contributed by atoms with Gasteiger partial charge in [0.25, 0.3) is 0 Å². The van der Waals surface area contributed by atoms with Gasteiger partial charge in [-0.15, -0.1) is 0 Å². The Morgan fingerprint density at radius 1 is 1.21 bits per heavy atom. The molecule has 156 valence electrons. The van der Waals surface area contributed by atoms with Gasteiger partial charge in [0.15, 0.2) is 0 Å². The standard InChI is InChI=1S/C21H30F3N3O/c22-21(23,24)18-4-1-3-17(13-18)14-26-20(28)7-6-16-8-11-27(12-9-16)19-5-2-10-25-15-19/h1,3-4,13,16,19,25H,2,5-12,14-15H2,(H,26,28)/t19-/m0/s1. The van der Waals surface area contributed by atoms with Crippen molar-refractivity contribution in [3.05, 3.63) is 35.4 Å². The van der Waals surface area contributed by atoms with Crippen LogP contribution in [0.4, 0.5) is 13.2 Å². The van der Waals surface area contributed by atoms with E-state index < -0.39 is 11.7 Å². The molecule has 2 N–H and O–H groups in total. The fraction of sp³-hybridized carbons (Fsp3) is 0.667. The van der Waals surface area contributed by atoms with Crippen molar-refractivity contribution in [2.24, 2.45) is 5.92 Å². The van der Waals surface area contributed by atoms with E-state index in [-0.39, 0.29) is 12.5 Å². The van der Waals surface area contributed by atoms with Gasteiger partial charge in [-0.1, -0.05) is 12.1 Å². The van der Waals surface area contributed by atoms with Crippen LogP contribution in [0.2, 0.25) is 0 Å². The van der Waals surface area contributed by atoms with Crippen molar-refractivity contribution in [1.29, 1.82) is 0 Å². The van der Waals surface area contributed by atoms with E-state index in [1.54, 1.807) is 6.07 Å². The molecule has 0 radical (unpaired) electrons. The van der Waals surface area contributed by atoms with Crippen molar-refractivity contribution >= 4 is 5.91 Å². The minimum Gasteiger partial charge on any atom is -0.352 e. The van der Waals surface area contributed by atoms with Gasteiger partial charge in [-0.05, 0) is 75.4 Å². The molecule has 0 unspecified atom stereocenters. The minimum absolute atomic E-state index is 0.0867. The van der Waals surface area contributed by atoms with E-state index in [4.69, 9.17) is 0 Å². The van der Waals surface area contributed by atoms with Crippen molar-refractivity contribution in [2.75, 3.05) is 26.2 Å². The lowest BCUT2D eigenvalue weighted by Gasteiger charge is -2.39. The van der Waals surface area contributed by atoms with Gasteiger partial charge in [0, 0.05) is 25.6 Å². The lowest BCUT2D eigenvalue weighted by atomic mass is 9.90. The molecule has 2 fully saturated rings. The van der Waals surface area contributed by atoms with Gasteiger partial charge < -0.3 is 10.6 Å². The Morgan fingerprint density at radius 3 is 2.68 bits per heavy atom. The highest BCUT2D eigenvalue weighted by Gasteiger charge is 2.30. The summed E-state index contributed by atoms with van der Waals surface area (Å²) in [5.41, 5.74) is -0.211. The molecule has 2 aliphatic rings.